The molecule has 0 aromatic heterocycles. The zero-order chi connectivity index (χ0) is 11.3. The second-order valence-corrected chi connectivity index (χ2v) is 4.03. The largest absolute Gasteiger partial charge is 0.508 e. The van der Waals surface area contributed by atoms with E-state index in [1.807, 2.05) is 19.1 Å². The lowest BCUT2D eigenvalue weighted by Gasteiger charge is -2.06. The summed E-state index contributed by atoms with van der Waals surface area (Å²) in [5, 5.41) is 9.60. The van der Waals surface area contributed by atoms with Crippen LogP contribution in [0.4, 0.5) is 0 Å². The molecule has 15 heavy (non-hydrogen) atoms. The molecule has 0 heterocycles. The van der Waals surface area contributed by atoms with Crippen LogP contribution in [-0.4, -0.2) is 5.11 Å². The Labute approximate surface area is 92.5 Å². The number of unbranched alkanes of at least 4 members (excludes halogenated alkanes) is 1. The maximum atomic E-state index is 9.60. The van der Waals surface area contributed by atoms with E-state index >= 15 is 0 Å². The lowest BCUT2D eigenvalue weighted by atomic mass is 10.0. The molecule has 0 amide bonds. The van der Waals surface area contributed by atoms with E-state index in [1.165, 1.54) is 17.5 Å². The van der Waals surface area contributed by atoms with Crippen LogP contribution in [0, 0.1) is 13.8 Å². The number of hydrogen-bond acceptors (Lipinski definition) is 1. The smallest absolute Gasteiger partial charge is 0.118 e. The molecular formula is C14H20O. The lowest BCUT2D eigenvalue weighted by molar-refractivity contribution is 0.470. The average Bonchev–Trinajstić information content (AvgIpc) is 2.20. The Hall–Kier alpha value is -1.24. The third-order valence-electron chi connectivity index (χ3n) is 2.61. The van der Waals surface area contributed by atoms with Gasteiger partial charge in [0.05, 0.1) is 0 Å². The molecule has 0 saturated heterocycles. The molecule has 1 nitrogen and oxygen atoms in total. The van der Waals surface area contributed by atoms with Gasteiger partial charge in [-0.2, -0.15) is 0 Å². The first kappa shape index (κ1) is 11.8. The molecule has 0 bridgehead atoms. The molecule has 1 N–H and O–H groups in total. The standard InChI is InChI=1S/C14H20O/c1-4-5-6-7-8-13-10-14(15)12(3)9-11(13)2/h6-7,9-10,15H,4-5,8H2,1-3H3/b7-6+. The Morgan fingerprint density at radius 2 is 1.87 bits per heavy atom. The van der Waals surface area contributed by atoms with Crippen molar-refractivity contribution in [1.29, 1.82) is 0 Å². The van der Waals surface area contributed by atoms with E-state index < -0.39 is 0 Å². The third kappa shape index (κ3) is 3.43. The van der Waals surface area contributed by atoms with Crippen LogP contribution in [0.5, 0.6) is 5.75 Å². The van der Waals surface area contributed by atoms with E-state index in [0.29, 0.717) is 5.75 Å². The van der Waals surface area contributed by atoms with Crippen molar-refractivity contribution in [2.45, 2.75) is 40.0 Å². The number of phenols is 1. The van der Waals surface area contributed by atoms with Gasteiger partial charge in [-0.15, -0.1) is 0 Å². The van der Waals surface area contributed by atoms with E-state index in [0.717, 1.165) is 18.4 Å². The molecular weight excluding hydrogens is 184 g/mol. The van der Waals surface area contributed by atoms with Gasteiger partial charge in [-0.1, -0.05) is 31.6 Å². The maximum absolute atomic E-state index is 9.60. The fraction of sp³-hybridized carbons (Fsp3) is 0.429. The van der Waals surface area contributed by atoms with Crippen LogP contribution < -0.4 is 0 Å². The zero-order valence-corrected chi connectivity index (χ0v) is 9.88. The van der Waals surface area contributed by atoms with Gasteiger partial charge in [0.1, 0.15) is 5.75 Å². The summed E-state index contributed by atoms with van der Waals surface area (Å²) in [6, 6.07) is 3.92. The molecule has 1 heteroatoms. The molecule has 0 aliphatic heterocycles. The summed E-state index contributed by atoms with van der Waals surface area (Å²) in [6.45, 7) is 6.20. The van der Waals surface area contributed by atoms with E-state index in [9.17, 15) is 5.11 Å². The Morgan fingerprint density at radius 1 is 1.13 bits per heavy atom. The van der Waals surface area contributed by atoms with Crippen molar-refractivity contribution in [2.75, 3.05) is 0 Å². The third-order valence-corrected chi connectivity index (χ3v) is 2.61. The molecule has 0 aliphatic carbocycles. The number of aryl methyl sites for hydroxylation is 2. The van der Waals surface area contributed by atoms with Gasteiger partial charge in [0.2, 0.25) is 0 Å². The summed E-state index contributed by atoms with van der Waals surface area (Å²) in [7, 11) is 0. The van der Waals surface area contributed by atoms with Gasteiger partial charge >= 0.3 is 0 Å². The van der Waals surface area contributed by atoms with Crippen molar-refractivity contribution in [3.05, 3.63) is 41.0 Å². The minimum absolute atomic E-state index is 0.402. The molecule has 82 valence electrons. The van der Waals surface area contributed by atoms with E-state index in [2.05, 4.69) is 26.0 Å². The summed E-state index contributed by atoms with van der Waals surface area (Å²) in [4.78, 5) is 0. The molecule has 0 aliphatic rings. The zero-order valence-electron chi connectivity index (χ0n) is 9.88. The summed E-state index contributed by atoms with van der Waals surface area (Å²) in [5.41, 5.74) is 3.42. The van der Waals surface area contributed by atoms with Crippen molar-refractivity contribution < 1.29 is 5.11 Å². The van der Waals surface area contributed by atoms with Crippen LogP contribution in [0.15, 0.2) is 24.3 Å². The molecule has 0 spiro atoms. The van der Waals surface area contributed by atoms with Gasteiger partial charge < -0.3 is 5.11 Å². The highest BCUT2D eigenvalue weighted by Gasteiger charge is 2.01. The first-order valence-electron chi connectivity index (χ1n) is 5.59. The molecule has 1 aromatic carbocycles. The molecule has 0 radical (unpaired) electrons. The highest BCUT2D eigenvalue weighted by atomic mass is 16.3. The van der Waals surface area contributed by atoms with Crippen LogP contribution in [-0.2, 0) is 6.42 Å². The van der Waals surface area contributed by atoms with Gasteiger partial charge in [-0.05, 0) is 49.4 Å². The van der Waals surface area contributed by atoms with E-state index in [4.69, 9.17) is 0 Å². The van der Waals surface area contributed by atoms with Crippen molar-refractivity contribution in [2.24, 2.45) is 0 Å². The molecule has 1 rings (SSSR count). The second kappa shape index (κ2) is 5.59. The Bertz CT molecular complexity index is 351. The summed E-state index contributed by atoms with van der Waals surface area (Å²) in [5.74, 6) is 0.402. The molecule has 0 unspecified atom stereocenters. The van der Waals surface area contributed by atoms with Crippen molar-refractivity contribution in [1.82, 2.24) is 0 Å². The van der Waals surface area contributed by atoms with E-state index in [1.54, 1.807) is 0 Å². The molecule has 0 atom stereocenters. The van der Waals surface area contributed by atoms with Gasteiger partial charge in [0.15, 0.2) is 0 Å². The lowest BCUT2D eigenvalue weighted by Crippen LogP contribution is -1.88. The van der Waals surface area contributed by atoms with Crippen LogP contribution in [0.1, 0.15) is 36.5 Å². The number of rotatable bonds is 4. The summed E-state index contributed by atoms with van der Waals surface area (Å²) in [6.07, 6.45) is 7.63. The molecule has 1 aromatic rings. The van der Waals surface area contributed by atoms with Crippen molar-refractivity contribution >= 4 is 0 Å². The second-order valence-electron chi connectivity index (χ2n) is 4.03. The van der Waals surface area contributed by atoms with Gasteiger partial charge in [-0.25, -0.2) is 0 Å². The molecule has 0 saturated carbocycles. The van der Waals surface area contributed by atoms with Crippen molar-refractivity contribution in [3.63, 3.8) is 0 Å². The Kier molecular flexibility index (Phi) is 4.41. The van der Waals surface area contributed by atoms with Crippen LogP contribution in [0.25, 0.3) is 0 Å². The number of allylic oxidation sites excluding steroid dienone is 2. The maximum Gasteiger partial charge on any atom is 0.118 e. The van der Waals surface area contributed by atoms with Crippen LogP contribution in [0.3, 0.4) is 0 Å². The Balaban J connectivity index is 2.73. The number of benzene rings is 1. The minimum Gasteiger partial charge on any atom is -0.508 e. The van der Waals surface area contributed by atoms with Gasteiger partial charge in [0, 0.05) is 0 Å². The monoisotopic (exact) mass is 204 g/mol. The predicted octanol–water partition coefficient (Wildman–Crippen LogP) is 3.91. The topological polar surface area (TPSA) is 20.2 Å². The average molecular weight is 204 g/mol. The fourth-order valence-electron chi connectivity index (χ4n) is 1.60. The minimum atomic E-state index is 0.402. The SMILES string of the molecule is CCC/C=C/Cc1cc(O)c(C)cc1C. The highest BCUT2D eigenvalue weighted by molar-refractivity contribution is 5.41. The fourth-order valence-corrected chi connectivity index (χ4v) is 1.60. The quantitative estimate of drug-likeness (QED) is 0.737. The summed E-state index contributed by atoms with van der Waals surface area (Å²) >= 11 is 0. The van der Waals surface area contributed by atoms with Gasteiger partial charge in [0.25, 0.3) is 0 Å². The van der Waals surface area contributed by atoms with E-state index in [-0.39, 0.29) is 0 Å². The van der Waals surface area contributed by atoms with Gasteiger partial charge in [-0.3, -0.25) is 0 Å². The number of aromatic hydroxyl groups is 1. The highest BCUT2D eigenvalue weighted by Crippen LogP contribution is 2.21. The number of hydrogen-bond donors (Lipinski definition) is 1. The predicted molar refractivity (Wildman–Crippen MR) is 65.3 cm³/mol. The molecule has 0 fully saturated rings. The first-order chi connectivity index (χ1) is 7.15. The normalized spacial score (nSPS) is 11.1. The Morgan fingerprint density at radius 3 is 2.53 bits per heavy atom. The van der Waals surface area contributed by atoms with Crippen LogP contribution in [0.2, 0.25) is 0 Å². The summed E-state index contributed by atoms with van der Waals surface area (Å²) < 4.78 is 0. The van der Waals surface area contributed by atoms with Crippen molar-refractivity contribution in [3.8, 4) is 5.75 Å². The number of phenolic OH excluding ortho intramolecular Hbond substituents is 1. The first-order valence-corrected chi connectivity index (χ1v) is 5.59. The van der Waals surface area contributed by atoms with Crippen LogP contribution >= 0.6 is 0 Å².